The fourth-order valence-electron chi connectivity index (χ4n) is 2.05. The van der Waals surface area contributed by atoms with Gasteiger partial charge in [-0.05, 0) is 19.3 Å². The van der Waals surface area contributed by atoms with E-state index in [2.05, 4.69) is 30.1 Å². The predicted octanol–water partition coefficient (Wildman–Crippen LogP) is 2.28. The van der Waals surface area contributed by atoms with E-state index in [9.17, 15) is 9.90 Å². The minimum absolute atomic E-state index is 0.0940. The van der Waals surface area contributed by atoms with Gasteiger partial charge in [0, 0.05) is 23.5 Å². The van der Waals surface area contributed by atoms with E-state index in [-0.39, 0.29) is 5.41 Å². The van der Waals surface area contributed by atoms with Gasteiger partial charge in [-0.3, -0.25) is 0 Å². The van der Waals surface area contributed by atoms with Gasteiger partial charge in [0.15, 0.2) is 0 Å². The Morgan fingerprint density at radius 1 is 1.44 bits per heavy atom. The van der Waals surface area contributed by atoms with Crippen LogP contribution in [0.1, 0.15) is 45.9 Å². The van der Waals surface area contributed by atoms with E-state index >= 15 is 0 Å². The van der Waals surface area contributed by atoms with Gasteiger partial charge >= 0.3 is 5.97 Å². The zero-order valence-electron chi connectivity index (χ0n) is 11.0. The van der Waals surface area contributed by atoms with Gasteiger partial charge < -0.3 is 10.0 Å². The van der Waals surface area contributed by atoms with Crippen LogP contribution in [-0.2, 0) is 10.2 Å². The lowest BCUT2D eigenvalue weighted by Gasteiger charge is -2.32. The van der Waals surface area contributed by atoms with Crippen LogP contribution < -0.4 is 4.90 Å². The first-order chi connectivity index (χ1) is 8.39. The third-order valence-electron chi connectivity index (χ3n) is 3.12. The number of aliphatic carboxylic acids is 1. The van der Waals surface area contributed by atoms with Gasteiger partial charge in [-0.25, -0.2) is 9.78 Å². The molecule has 1 aromatic rings. The number of hydrogen-bond donors (Lipinski definition) is 1. The number of piperidine rings is 1. The number of carbonyl (C=O) groups is 1. The summed E-state index contributed by atoms with van der Waals surface area (Å²) in [6.45, 7) is 6.94. The van der Waals surface area contributed by atoms with E-state index in [1.54, 1.807) is 0 Å². The first kappa shape index (κ1) is 13.3. The first-order valence-electron chi connectivity index (χ1n) is 6.23. The van der Waals surface area contributed by atoms with Crippen LogP contribution in [0, 0.1) is 0 Å². The smallest absolute Gasteiger partial charge is 0.326 e. The van der Waals surface area contributed by atoms with E-state index in [0.29, 0.717) is 6.42 Å². The van der Waals surface area contributed by atoms with Crippen molar-refractivity contribution in [2.24, 2.45) is 0 Å². The lowest BCUT2D eigenvalue weighted by atomic mass is 9.96. The Morgan fingerprint density at radius 2 is 2.17 bits per heavy atom. The number of aromatic nitrogens is 2. The minimum atomic E-state index is -0.762. The number of anilines is 1. The second-order valence-corrected chi connectivity index (χ2v) is 6.42. The molecule has 18 heavy (non-hydrogen) atoms. The van der Waals surface area contributed by atoms with Crippen molar-refractivity contribution in [2.45, 2.75) is 51.5 Å². The maximum Gasteiger partial charge on any atom is 0.326 e. The molecule has 0 amide bonds. The van der Waals surface area contributed by atoms with E-state index < -0.39 is 12.0 Å². The molecule has 0 saturated carbocycles. The summed E-state index contributed by atoms with van der Waals surface area (Å²) < 4.78 is 4.35. The molecular formula is C12H19N3O2S. The average molecular weight is 269 g/mol. The molecular weight excluding hydrogens is 250 g/mol. The molecule has 0 spiro atoms. The second kappa shape index (κ2) is 4.84. The van der Waals surface area contributed by atoms with Gasteiger partial charge in [0.05, 0.1) is 0 Å². The average Bonchev–Trinajstić information content (AvgIpc) is 2.77. The molecule has 1 fully saturated rings. The molecule has 1 N–H and O–H groups in total. The van der Waals surface area contributed by atoms with Gasteiger partial charge in [0.1, 0.15) is 11.9 Å². The van der Waals surface area contributed by atoms with Crippen LogP contribution in [0.5, 0.6) is 0 Å². The maximum absolute atomic E-state index is 11.3. The molecule has 1 aliphatic rings. The summed E-state index contributed by atoms with van der Waals surface area (Å²) in [6, 6.07) is -0.445. The summed E-state index contributed by atoms with van der Waals surface area (Å²) in [5, 5.41) is 9.99. The molecule has 0 bridgehead atoms. The van der Waals surface area contributed by atoms with Crippen molar-refractivity contribution in [3.05, 3.63) is 5.82 Å². The molecule has 0 aromatic carbocycles. The summed E-state index contributed by atoms with van der Waals surface area (Å²) in [6.07, 6.45) is 2.69. The molecule has 6 heteroatoms. The SMILES string of the molecule is CC(C)(C)c1nsc(N2CCCCC2C(=O)O)n1. The molecule has 0 radical (unpaired) electrons. The van der Waals surface area contributed by atoms with Crippen molar-refractivity contribution < 1.29 is 9.90 Å². The highest BCUT2D eigenvalue weighted by Crippen LogP contribution is 2.29. The highest BCUT2D eigenvalue weighted by atomic mass is 32.1. The molecule has 1 aromatic heterocycles. The molecule has 5 nitrogen and oxygen atoms in total. The fraction of sp³-hybridized carbons (Fsp3) is 0.750. The predicted molar refractivity (Wildman–Crippen MR) is 71.2 cm³/mol. The molecule has 1 unspecified atom stereocenters. The van der Waals surface area contributed by atoms with E-state index in [4.69, 9.17) is 0 Å². The van der Waals surface area contributed by atoms with Crippen LogP contribution >= 0.6 is 11.5 Å². The number of carboxylic acid groups (broad SMARTS) is 1. The van der Waals surface area contributed by atoms with Gasteiger partial charge in [0.25, 0.3) is 0 Å². The lowest BCUT2D eigenvalue weighted by Crippen LogP contribution is -2.44. The summed E-state index contributed by atoms with van der Waals surface area (Å²) >= 11 is 1.31. The summed E-state index contributed by atoms with van der Waals surface area (Å²) in [5.41, 5.74) is -0.0940. The topological polar surface area (TPSA) is 66.3 Å². The molecule has 1 saturated heterocycles. The Labute approximate surface area is 111 Å². The third-order valence-corrected chi connectivity index (χ3v) is 3.87. The summed E-state index contributed by atoms with van der Waals surface area (Å²) in [5.74, 6) is 0.0272. The molecule has 1 aliphatic heterocycles. The first-order valence-corrected chi connectivity index (χ1v) is 7.00. The Morgan fingerprint density at radius 3 is 2.72 bits per heavy atom. The Balaban J connectivity index is 2.24. The normalized spacial score (nSPS) is 21.1. The van der Waals surface area contributed by atoms with Crippen LogP contribution in [0.4, 0.5) is 5.13 Å². The van der Waals surface area contributed by atoms with Gasteiger partial charge in [-0.15, -0.1) is 0 Å². The van der Waals surface area contributed by atoms with E-state index in [0.717, 1.165) is 30.3 Å². The van der Waals surface area contributed by atoms with Gasteiger partial charge in [-0.1, -0.05) is 20.8 Å². The third kappa shape index (κ3) is 2.63. The second-order valence-electron chi connectivity index (χ2n) is 5.69. The van der Waals surface area contributed by atoms with Crippen LogP contribution in [0.3, 0.4) is 0 Å². The van der Waals surface area contributed by atoms with Crippen molar-refractivity contribution in [1.82, 2.24) is 9.36 Å². The van der Waals surface area contributed by atoms with Gasteiger partial charge in [-0.2, -0.15) is 4.37 Å². The highest BCUT2D eigenvalue weighted by Gasteiger charge is 2.31. The van der Waals surface area contributed by atoms with Crippen LogP contribution in [0.15, 0.2) is 0 Å². The number of hydrogen-bond acceptors (Lipinski definition) is 5. The molecule has 0 aliphatic carbocycles. The van der Waals surface area contributed by atoms with Crippen LogP contribution in [-0.4, -0.2) is 33.0 Å². The molecule has 2 rings (SSSR count). The van der Waals surface area contributed by atoms with E-state index in [1.807, 2.05) is 4.90 Å². The quantitative estimate of drug-likeness (QED) is 0.892. The Bertz CT molecular complexity index is 439. The maximum atomic E-state index is 11.3. The minimum Gasteiger partial charge on any atom is -0.480 e. The zero-order valence-corrected chi connectivity index (χ0v) is 11.8. The van der Waals surface area contributed by atoms with Crippen LogP contribution in [0.2, 0.25) is 0 Å². The molecule has 100 valence electrons. The monoisotopic (exact) mass is 269 g/mol. The van der Waals surface area contributed by atoms with E-state index in [1.165, 1.54) is 11.5 Å². The molecule has 1 atom stereocenters. The van der Waals surface area contributed by atoms with Crippen molar-refractivity contribution in [3.8, 4) is 0 Å². The van der Waals surface area contributed by atoms with Crippen LogP contribution in [0.25, 0.3) is 0 Å². The fourth-order valence-corrected chi connectivity index (χ4v) is 2.99. The number of nitrogens with zero attached hydrogens (tertiary/aromatic N) is 3. The largest absolute Gasteiger partial charge is 0.480 e. The van der Waals surface area contributed by atoms with Crippen molar-refractivity contribution in [3.63, 3.8) is 0 Å². The molecule has 2 heterocycles. The van der Waals surface area contributed by atoms with Crippen molar-refractivity contribution in [1.29, 1.82) is 0 Å². The summed E-state index contributed by atoms with van der Waals surface area (Å²) in [7, 11) is 0. The highest BCUT2D eigenvalue weighted by molar-refractivity contribution is 7.09. The van der Waals surface area contributed by atoms with Crippen molar-refractivity contribution in [2.75, 3.05) is 11.4 Å². The Kier molecular flexibility index (Phi) is 3.56. The standard InChI is InChI=1S/C12H19N3O2S/c1-12(2,3)10-13-11(18-14-10)15-7-5-4-6-8(15)9(16)17/h8H,4-7H2,1-3H3,(H,16,17). The summed E-state index contributed by atoms with van der Waals surface area (Å²) in [4.78, 5) is 17.7. The number of rotatable bonds is 2. The zero-order chi connectivity index (χ0) is 13.3. The van der Waals surface area contributed by atoms with Crippen molar-refractivity contribution >= 4 is 22.6 Å². The Hall–Kier alpha value is -1.17. The lowest BCUT2D eigenvalue weighted by molar-refractivity contribution is -0.139. The van der Waals surface area contributed by atoms with Gasteiger partial charge in [0.2, 0.25) is 5.13 Å². The number of carboxylic acids is 1.